The van der Waals surface area contributed by atoms with E-state index in [9.17, 15) is 4.39 Å². The van der Waals surface area contributed by atoms with E-state index >= 15 is 0 Å². The second-order valence-corrected chi connectivity index (χ2v) is 7.66. The van der Waals surface area contributed by atoms with Gasteiger partial charge >= 0.3 is 0 Å². The van der Waals surface area contributed by atoms with Crippen LogP contribution in [0.25, 0.3) is 10.9 Å². The van der Waals surface area contributed by atoms with E-state index < -0.39 is 0 Å². The Morgan fingerprint density at radius 1 is 0.833 bits per heavy atom. The number of rotatable bonds is 7. The molecule has 0 saturated carbocycles. The molecule has 5 heteroatoms. The van der Waals surface area contributed by atoms with Gasteiger partial charge in [0.1, 0.15) is 11.6 Å². The molecule has 0 saturated heterocycles. The first-order chi connectivity index (χ1) is 14.6. The van der Waals surface area contributed by atoms with Crippen LogP contribution in [0.2, 0.25) is 0 Å². The summed E-state index contributed by atoms with van der Waals surface area (Å²) in [7, 11) is 4.01. The van der Waals surface area contributed by atoms with Gasteiger partial charge in [0.05, 0.1) is 5.52 Å². The Hall–Kier alpha value is -3.31. The number of benzene rings is 2. The van der Waals surface area contributed by atoms with Gasteiger partial charge in [0.2, 0.25) is 0 Å². The van der Waals surface area contributed by atoms with Gasteiger partial charge in [0.15, 0.2) is 0 Å². The van der Waals surface area contributed by atoms with E-state index in [0.717, 1.165) is 27.8 Å². The quantitative estimate of drug-likeness (QED) is 0.435. The van der Waals surface area contributed by atoms with E-state index in [4.69, 9.17) is 4.98 Å². The molecule has 0 aliphatic carbocycles. The molecular formula is C25H25FN4. The number of fused-ring (bicyclic) bond motifs is 1. The van der Waals surface area contributed by atoms with Crippen molar-refractivity contribution < 1.29 is 4.39 Å². The molecule has 2 aromatic carbocycles. The zero-order chi connectivity index (χ0) is 20.9. The summed E-state index contributed by atoms with van der Waals surface area (Å²) >= 11 is 0. The van der Waals surface area contributed by atoms with Crippen LogP contribution in [0.4, 0.5) is 10.2 Å². The van der Waals surface area contributed by atoms with Crippen LogP contribution in [0.1, 0.15) is 16.7 Å². The van der Waals surface area contributed by atoms with Crippen LogP contribution >= 0.6 is 0 Å². The summed E-state index contributed by atoms with van der Waals surface area (Å²) in [6, 6.07) is 21.3. The highest BCUT2D eigenvalue weighted by molar-refractivity contribution is 5.81. The normalized spacial score (nSPS) is 11.2. The Morgan fingerprint density at radius 2 is 1.60 bits per heavy atom. The van der Waals surface area contributed by atoms with Gasteiger partial charge in [-0.25, -0.2) is 9.37 Å². The topological polar surface area (TPSA) is 32.3 Å². The number of halogens is 1. The van der Waals surface area contributed by atoms with E-state index in [1.807, 2.05) is 67.7 Å². The fourth-order valence-corrected chi connectivity index (χ4v) is 3.68. The third kappa shape index (κ3) is 4.63. The lowest BCUT2D eigenvalue weighted by Gasteiger charge is -2.25. The number of para-hydroxylation sites is 1. The Morgan fingerprint density at radius 3 is 2.37 bits per heavy atom. The van der Waals surface area contributed by atoms with Crippen molar-refractivity contribution in [3.63, 3.8) is 0 Å². The average Bonchev–Trinajstić information content (AvgIpc) is 2.75. The molecule has 30 heavy (non-hydrogen) atoms. The summed E-state index contributed by atoms with van der Waals surface area (Å²) in [5.41, 5.74) is 3.85. The third-order valence-electron chi connectivity index (χ3n) is 5.08. The second kappa shape index (κ2) is 9.01. The molecular weight excluding hydrogens is 375 g/mol. The number of hydrogen-bond acceptors (Lipinski definition) is 4. The standard InChI is InChI=1S/C25H25FN4/c1-29(2)25-22(14-20-9-4-6-12-24(20)28-25)18-30(16-19-8-7-13-27-15-19)17-21-10-3-5-11-23(21)26/h3-15H,16-18H2,1-2H3. The van der Waals surface area contributed by atoms with Crippen LogP contribution in [0, 0.1) is 5.82 Å². The number of pyridine rings is 2. The van der Waals surface area contributed by atoms with Crippen molar-refractivity contribution in [1.82, 2.24) is 14.9 Å². The van der Waals surface area contributed by atoms with E-state index in [0.29, 0.717) is 25.2 Å². The van der Waals surface area contributed by atoms with Crippen LogP contribution in [-0.2, 0) is 19.6 Å². The Labute approximate surface area is 176 Å². The summed E-state index contributed by atoms with van der Waals surface area (Å²) in [6.07, 6.45) is 3.63. The predicted octanol–water partition coefficient (Wildman–Crippen LogP) is 5.04. The van der Waals surface area contributed by atoms with Gasteiger partial charge in [-0.15, -0.1) is 0 Å². The minimum atomic E-state index is -0.182. The molecule has 0 N–H and O–H groups in total. The van der Waals surface area contributed by atoms with Gasteiger partial charge < -0.3 is 4.90 Å². The minimum Gasteiger partial charge on any atom is -0.362 e. The van der Waals surface area contributed by atoms with Crippen molar-refractivity contribution in [2.24, 2.45) is 0 Å². The van der Waals surface area contributed by atoms with E-state index in [-0.39, 0.29) is 5.82 Å². The van der Waals surface area contributed by atoms with Crippen molar-refractivity contribution >= 4 is 16.7 Å². The monoisotopic (exact) mass is 400 g/mol. The van der Waals surface area contributed by atoms with Crippen molar-refractivity contribution in [3.8, 4) is 0 Å². The molecule has 2 heterocycles. The zero-order valence-corrected chi connectivity index (χ0v) is 17.3. The van der Waals surface area contributed by atoms with Gasteiger partial charge in [-0.1, -0.05) is 42.5 Å². The summed E-state index contributed by atoms with van der Waals surface area (Å²) in [6.45, 7) is 1.82. The van der Waals surface area contributed by atoms with Crippen molar-refractivity contribution in [1.29, 1.82) is 0 Å². The second-order valence-electron chi connectivity index (χ2n) is 7.66. The largest absolute Gasteiger partial charge is 0.362 e. The van der Waals surface area contributed by atoms with Gasteiger partial charge in [0.25, 0.3) is 0 Å². The van der Waals surface area contributed by atoms with Crippen molar-refractivity contribution in [2.75, 3.05) is 19.0 Å². The molecule has 0 bridgehead atoms. The highest BCUT2D eigenvalue weighted by Gasteiger charge is 2.16. The van der Waals surface area contributed by atoms with Crippen LogP contribution in [0.3, 0.4) is 0 Å². The Bertz CT molecular complexity index is 1130. The molecule has 2 aromatic heterocycles. The molecule has 0 fully saturated rings. The highest BCUT2D eigenvalue weighted by Crippen LogP contribution is 2.25. The number of nitrogens with zero attached hydrogens (tertiary/aromatic N) is 4. The molecule has 0 radical (unpaired) electrons. The number of hydrogen-bond donors (Lipinski definition) is 0. The molecule has 0 spiro atoms. The lowest BCUT2D eigenvalue weighted by Crippen LogP contribution is -2.25. The first-order valence-corrected chi connectivity index (χ1v) is 10.0. The third-order valence-corrected chi connectivity index (χ3v) is 5.08. The molecule has 0 amide bonds. The molecule has 0 aliphatic heterocycles. The maximum atomic E-state index is 14.4. The van der Waals surface area contributed by atoms with Crippen LogP contribution in [0.15, 0.2) is 79.1 Å². The smallest absolute Gasteiger partial charge is 0.133 e. The van der Waals surface area contributed by atoms with E-state index in [2.05, 4.69) is 22.0 Å². The summed E-state index contributed by atoms with van der Waals surface area (Å²) in [5.74, 6) is 0.747. The fraction of sp³-hybridized carbons (Fsp3) is 0.200. The maximum Gasteiger partial charge on any atom is 0.133 e. The Balaban J connectivity index is 1.70. The van der Waals surface area contributed by atoms with Crippen LogP contribution in [0.5, 0.6) is 0 Å². The van der Waals surface area contributed by atoms with Gasteiger partial charge in [-0.05, 0) is 29.8 Å². The molecule has 0 unspecified atom stereocenters. The summed E-state index contributed by atoms with van der Waals surface area (Å²) in [4.78, 5) is 13.4. The van der Waals surface area contributed by atoms with Crippen LogP contribution < -0.4 is 4.90 Å². The van der Waals surface area contributed by atoms with Gasteiger partial charge in [-0.2, -0.15) is 0 Å². The highest BCUT2D eigenvalue weighted by atomic mass is 19.1. The molecule has 0 atom stereocenters. The van der Waals surface area contributed by atoms with Crippen molar-refractivity contribution in [3.05, 3.63) is 102 Å². The first-order valence-electron chi connectivity index (χ1n) is 10.0. The predicted molar refractivity (Wildman–Crippen MR) is 120 cm³/mol. The number of anilines is 1. The molecule has 4 aromatic rings. The summed E-state index contributed by atoms with van der Waals surface area (Å²) < 4.78 is 14.4. The fourth-order valence-electron chi connectivity index (χ4n) is 3.68. The van der Waals surface area contributed by atoms with E-state index in [1.54, 1.807) is 12.3 Å². The first kappa shape index (κ1) is 20.0. The minimum absolute atomic E-state index is 0.182. The Kier molecular flexibility index (Phi) is 6.00. The van der Waals surface area contributed by atoms with Gasteiger partial charge in [0, 0.05) is 62.6 Å². The zero-order valence-electron chi connectivity index (χ0n) is 17.3. The van der Waals surface area contributed by atoms with Crippen LogP contribution in [-0.4, -0.2) is 29.0 Å². The molecule has 0 aliphatic rings. The average molecular weight is 401 g/mol. The lowest BCUT2D eigenvalue weighted by atomic mass is 10.1. The summed E-state index contributed by atoms with van der Waals surface area (Å²) in [5, 5.41) is 1.10. The molecule has 152 valence electrons. The molecule has 4 nitrogen and oxygen atoms in total. The van der Waals surface area contributed by atoms with E-state index in [1.165, 1.54) is 6.07 Å². The maximum absolute atomic E-state index is 14.4. The van der Waals surface area contributed by atoms with Gasteiger partial charge in [-0.3, -0.25) is 9.88 Å². The SMILES string of the molecule is CN(C)c1nc2ccccc2cc1CN(Cc1cccnc1)Cc1ccccc1F. The molecule has 4 rings (SSSR count). The lowest BCUT2D eigenvalue weighted by molar-refractivity contribution is 0.244. The van der Waals surface area contributed by atoms with Crippen molar-refractivity contribution in [2.45, 2.75) is 19.6 Å². The number of aromatic nitrogens is 2.